The molecule has 0 bridgehead atoms. The number of carbonyl (C=O) groups is 1. The molecule has 1 N–H and O–H groups in total. The van der Waals surface area contributed by atoms with Crippen LogP contribution in [0.2, 0.25) is 10.0 Å². The molecule has 20 heavy (non-hydrogen) atoms. The molecule has 3 nitrogen and oxygen atoms in total. The quantitative estimate of drug-likeness (QED) is 0.909. The summed E-state index contributed by atoms with van der Waals surface area (Å²) in [6.45, 7) is 1.66. The summed E-state index contributed by atoms with van der Waals surface area (Å²) < 4.78 is 5.53. The molecule has 0 heterocycles. The second-order valence-corrected chi connectivity index (χ2v) is 5.03. The lowest BCUT2D eigenvalue weighted by Crippen LogP contribution is -2.30. The molecule has 2 aromatic rings. The van der Waals surface area contributed by atoms with Crippen LogP contribution in [0.1, 0.15) is 6.92 Å². The fraction of sp³-hybridized carbons (Fsp3) is 0.133. The third-order valence-electron chi connectivity index (χ3n) is 2.61. The van der Waals surface area contributed by atoms with Gasteiger partial charge in [0.15, 0.2) is 6.10 Å². The van der Waals surface area contributed by atoms with Crippen LogP contribution in [0.4, 0.5) is 5.69 Å². The van der Waals surface area contributed by atoms with Gasteiger partial charge in [-0.3, -0.25) is 4.79 Å². The average molecular weight is 310 g/mol. The molecule has 0 aliphatic rings. The number of benzene rings is 2. The number of hydrogen-bond acceptors (Lipinski definition) is 2. The minimum Gasteiger partial charge on any atom is -0.481 e. The molecular weight excluding hydrogens is 297 g/mol. The van der Waals surface area contributed by atoms with Crippen LogP contribution in [-0.2, 0) is 4.79 Å². The first kappa shape index (κ1) is 14.7. The summed E-state index contributed by atoms with van der Waals surface area (Å²) in [5.41, 5.74) is 0.556. The molecule has 0 unspecified atom stereocenters. The highest BCUT2D eigenvalue weighted by molar-refractivity contribution is 6.33. The number of ether oxygens (including phenoxy) is 1. The van der Waals surface area contributed by atoms with Gasteiger partial charge in [-0.15, -0.1) is 0 Å². The van der Waals surface area contributed by atoms with Gasteiger partial charge >= 0.3 is 0 Å². The van der Waals surface area contributed by atoms with Crippen molar-refractivity contribution in [3.05, 3.63) is 58.6 Å². The maximum Gasteiger partial charge on any atom is 0.265 e. The van der Waals surface area contributed by atoms with Crippen LogP contribution in [0.15, 0.2) is 48.5 Å². The fourth-order valence-electron chi connectivity index (χ4n) is 1.59. The van der Waals surface area contributed by atoms with E-state index in [4.69, 9.17) is 27.9 Å². The topological polar surface area (TPSA) is 38.3 Å². The summed E-state index contributed by atoms with van der Waals surface area (Å²) in [5.74, 6) is 0.261. The lowest BCUT2D eigenvalue weighted by molar-refractivity contribution is -0.122. The van der Waals surface area contributed by atoms with Crippen LogP contribution in [0.5, 0.6) is 5.75 Å². The fourth-order valence-corrected chi connectivity index (χ4v) is 1.96. The summed E-state index contributed by atoms with van der Waals surface area (Å²) in [6.07, 6.45) is -0.662. The third kappa shape index (κ3) is 3.89. The van der Waals surface area contributed by atoms with Crippen molar-refractivity contribution in [2.24, 2.45) is 0 Å². The minimum atomic E-state index is -0.662. The number of anilines is 1. The van der Waals surface area contributed by atoms with E-state index in [1.165, 1.54) is 0 Å². The van der Waals surface area contributed by atoms with Crippen LogP contribution in [-0.4, -0.2) is 12.0 Å². The van der Waals surface area contributed by atoms with E-state index < -0.39 is 6.10 Å². The molecule has 104 valence electrons. The standard InChI is InChI=1S/C15H13Cl2NO2/c1-10(20-12-6-4-5-11(16)9-12)15(19)18-14-8-3-2-7-13(14)17/h2-10H,1H3,(H,18,19)/t10-/m1/s1. The average Bonchev–Trinajstić information content (AvgIpc) is 2.41. The maximum atomic E-state index is 12.0. The molecule has 2 aromatic carbocycles. The van der Waals surface area contributed by atoms with E-state index in [-0.39, 0.29) is 5.91 Å². The Bertz CT molecular complexity index is 616. The number of amides is 1. The molecule has 0 radical (unpaired) electrons. The lowest BCUT2D eigenvalue weighted by atomic mass is 10.3. The summed E-state index contributed by atoms with van der Waals surface area (Å²) >= 11 is 11.8. The minimum absolute atomic E-state index is 0.280. The predicted octanol–water partition coefficient (Wildman–Crippen LogP) is 4.40. The first-order valence-electron chi connectivity index (χ1n) is 6.04. The van der Waals surface area contributed by atoms with E-state index >= 15 is 0 Å². The zero-order valence-corrected chi connectivity index (χ0v) is 12.3. The van der Waals surface area contributed by atoms with Crippen LogP contribution >= 0.6 is 23.2 Å². The second-order valence-electron chi connectivity index (χ2n) is 4.19. The SMILES string of the molecule is C[C@@H](Oc1cccc(Cl)c1)C(=O)Nc1ccccc1Cl. The molecular formula is C15H13Cl2NO2. The monoisotopic (exact) mass is 309 g/mol. The molecule has 2 rings (SSSR count). The Balaban J connectivity index is 2.01. The van der Waals surface area contributed by atoms with Gasteiger partial charge in [-0.25, -0.2) is 0 Å². The lowest BCUT2D eigenvalue weighted by Gasteiger charge is -2.15. The van der Waals surface area contributed by atoms with Gasteiger partial charge in [0.25, 0.3) is 5.91 Å². The molecule has 0 saturated carbocycles. The van der Waals surface area contributed by atoms with Crippen molar-refractivity contribution >= 4 is 34.8 Å². The molecule has 0 aromatic heterocycles. The Morgan fingerprint density at radius 2 is 1.90 bits per heavy atom. The highest BCUT2D eigenvalue weighted by Crippen LogP contribution is 2.22. The molecule has 0 fully saturated rings. The largest absolute Gasteiger partial charge is 0.481 e. The smallest absolute Gasteiger partial charge is 0.265 e. The van der Waals surface area contributed by atoms with Crippen LogP contribution in [0.3, 0.4) is 0 Å². The van der Waals surface area contributed by atoms with E-state index in [1.807, 2.05) is 0 Å². The van der Waals surface area contributed by atoms with Crippen molar-refractivity contribution in [3.8, 4) is 5.75 Å². The van der Waals surface area contributed by atoms with E-state index in [0.717, 1.165) is 0 Å². The number of nitrogens with one attached hydrogen (secondary N) is 1. The highest BCUT2D eigenvalue weighted by atomic mass is 35.5. The zero-order chi connectivity index (χ0) is 14.5. The maximum absolute atomic E-state index is 12.0. The summed E-state index contributed by atoms with van der Waals surface area (Å²) in [6, 6.07) is 13.9. The first-order chi connectivity index (χ1) is 9.56. The molecule has 5 heteroatoms. The van der Waals surface area contributed by atoms with Gasteiger partial charge in [0.2, 0.25) is 0 Å². The van der Waals surface area contributed by atoms with Crippen molar-refractivity contribution in [2.45, 2.75) is 13.0 Å². The van der Waals surface area contributed by atoms with Crippen molar-refractivity contribution in [2.75, 3.05) is 5.32 Å². The Morgan fingerprint density at radius 1 is 1.15 bits per heavy atom. The third-order valence-corrected chi connectivity index (χ3v) is 3.17. The van der Waals surface area contributed by atoms with Crippen LogP contribution in [0, 0.1) is 0 Å². The summed E-state index contributed by atoms with van der Waals surface area (Å²) in [5, 5.41) is 3.75. The van der Waals surface area contributed by atoms with Crippen LogP contribution in [0.25, 0.3) is 0 Å². The summed E-state index contributed by atoms with van der Waals surface area (Å²) in [4.78, 5) is 12.0. The Morgan fingerprint density at radius 3 is 2.60 bits per heavy atom. The molecule has 0 spiro atoms. The van der Waals surface area contributed by atoms with E-state index in [1.54, 1.807) is 55.5 Å². The number of hydrogen-bond donors (Lipinski definition) is 1. The van der Waals surface area contributed by atoms with E-state index in [0.29, 0.717) is 21.5 Å². The van der Waals surface area contributed by atoms with Gasteiger partial charge < -0.3 is 10.1 Å². The van der Waals surface area contributed by atoms with Gasteiger partial charge in [-0.2, -0.15) is 0 Å². The van der Waals surface area contributed by atoms with Crippen LogP contribution < -0.4 is 10.1 Å². The first-order valence-corrected chi connectivity index (χ1v) is 6.79. The molecule has 1 amide bonds. The van der Waals surface area contributed by atoms with Crippen molar-refractivity contribution in [3.63, 3.8) is 0 Å². The summed E-state index contributed by atoms with van der Waals surface area (Å²) in [7, 11) is 0. The number of halogens is 2. The molecule has 1 atom stereocenters. The van der Waals surface area contributed by atoms with Gasteiger partial charge in [-0.1, -0.05) is 41.4 Å². The van der Waals surface area contributed by atoms with E-state index in [9.17, 15) is 4.79 Å². The number of rotatable bonds is 4. The number of para-hydroxylation sites is 1. The van der Waals surface area contributed by atoms with Crippen molar-refractivity contribution in [1.82, 2.24) is 0 Å². The van der Waals surface area contributed by atoms with E-state index in [2.05, 4.69) is 5.32 Å². The normalized spacial score (nSPS) is 11.8. The predicted molar refractivity (Wildman–Crippen MR) is 81.6 cm³/mol. The van der Waals surface area contributed by atoms with Gasteiger partial charge in [0.05, 0.1) is 10.7 Å². The van der Waals surface area contributed by atoms with Crippen molar-refractivity contribution < 1.29 is 9.53 Å². The highest BCUT2D eigenvalue weighted by Gasteiger charge is 2.15. The Kier molecular flexibility index (Phi) is 4.88. The molecule has 0 aliphatic carbocycles. The molecule has 0 saturated heterocycles. The second kappa shape index (κ2) is 6.64. The van der Waals surface area contributed by atoms with Gasteiger partial charge in [0.1, 0.15) is 5.75 Å². The van der Waals surface area contributed by atoms with Gasteiger partial charge in [0, 0.05) is 5.02 Å². The molecule has 0 aliphatic heterocycles. The number of carbonyl (C=O) groups excluding carboxylic acids is 1. The Labute approximate surface area is 127 Å². The Hall–Kier alpha value is -1.71. The van der Waals surface area contributed by atoms with Gasteiger partial charge in [-0.05, 0) is 37.3 Å². The van der Waals surface area contributed by atoms with Crippen molar-refractivity contribution in [1.29, 1.82) is 0 Å². The zero-order valence-electron chi connectivity index (χ0n) is 10.8.